The zero-order chi connectivity index (χ0) is 22.7. The van der Waals surface area contributed by atoms with Crippen molar-refractivity contribution in [2.24, 2.45) is 11.3 Å². The highest BCUT2D eigenvalue weighted by molar-refractivity contribution is 5.31. The van der Waals surface area contributed by atoms with Crippen LogP contribution < -0.4 is 0 Å². The van der Waals surface area contributed by atoms with Crippen molar-refractivity contribution in [1.29, 1.82) is 0 Å². The number of rotatable bonds is 9. The summed E-state index contributed by atoms with van der Waals surface area (Å²) in [6.45, 7) is 12.7. The molecule has 1 aliphatic rings. The molecule has 0 spiro atoms. The molecule has 1 N–H and O–H groups in total. The van der Waals surface area contributed by atoms with E-state index in [4.69, 9.17) is 9.47 Å². The van der Waals surface area contributed by atoms with E-state index in [1.54, 1.807) is 14.2 Å². The SMILES string of the molecule is COC(OC)/C(C)=C/C=C/C=C(C)/C=C/C=C(C)/C=C/[C@@H]1C(C)=C[C@H](O)CC1(C)C. The quantitative estimate of drug-likeness (QED) is 0.268. The molecule has 0 aromatic carbocycles. The van der Waals surface area contributed by atoms with Gasteiger partial charge in [0, 0.05) is 20.1 Å². The number of hydrogen-bond donors (Lipinski definition) is 1. The van der Waals surface area contributed by atoms with Crippen molar-refractivity contribution < 1.29 is 14.6 Å². The molecule has 0 amide bonds. The summed E-state index contributed by atoms with van der Waals surface area (Å²) in [7, 11) is 3.26. The Morgan fingerprint density at radius 2 is 1.57 bits per heavy atom. The number of hydrogen-bond acceptors (Lipinski definition) is 3. The maximum Gasteiger partial charge on any atom is 0.179 e. The van der Waals surface area contributed by atoms with E-state index in [1.807, 2.05) is 31.2 Å². The topological polar surface area (TPSA) is 38.7 Å². The van der Waals surface area contributed by atoms with Crippen LogP contribution in [0.4, 0.5) is 0 Å². The Labute approximate surface area is 183 Å². The first-order valence-electron chi connectivity index (χ1n) is 10.6. The van der Waals surface area contributed by atoms with Crippen molar-refractivity contribution in [1.82, 2.24) is 0 Å². The van der Waals surface area contributed by atoms with Gasteiger partial charge in [-0.1, -0.05) is 91.3 Å². The van der Waals surface area contributed by atoms with E-state index in [1.165, 1.54) is 16.7 Å². The number of methoxy groups -OCH3 is 2. The molecule has 30 heavy (non-hydrogen) atoms. The Hall–Kier alpha value is -1.94. The van der Waals surface area contributed by atoms with E-state index in [-0.39, 0.29) is 17.8 Å². The van der Waals surface area contributed by atoms with Gasteiger partial charge in [0.15, 0.2) is 6.29 Å². The molecule has 3 nitrogen and oxygen atoms in total. The van der Waals surface area contributed by atoms with Crippen LogP contribution in [0.1, 0.15) is 48.0 Å². The molecule has 0 saturated heterocycles. The number of ether oxygens (including phenoxy) is 2. The van der Waals surface area contributed by atoms with E-state index in [0.717, 1.165) is 12.0 Å². The van der Waals surface area contributed by atoms with E-state index < -0.39 is 0 Å². The first-order valence-corrected chi connectivity index (χ1v) is 10.6. The van der Waals surface area contributed by atoms with Crippen molar-refractivity contribution in [3.63, 3.8) is 0 Å². The Bertz CT molecular complexity index is 753. The third-order valence-electron chi connectivity index (χ3n) is 5.42. The van der Waals surface area contributed by atoms with Gasteiger partial charge in [0.2, 0.25) is 0 Å². The van der Waals surface area contributed by atoms with Crippen molar-refractivity contribution >= 4 is 0 Å². The summed E-state index contributed by atoms with van der Waals surface area (Å²) in [6, 6.07) is 0. The fraction of sp³-hybridized carbons (Fsp3) is 0.481. The van der Waals surface area contributed by atoms with Gasteiger partial charge in [-0.2, -0.15) is 0 Å². The van der Waals surface area contributed by atoms with E-state index in [0.29, 0.717) is 5.92 Å². The molecule has 0 aromatic rings. The average Bonchev–Trinajstić information content (AvgIpc) is 2.64. The summed E-state index contributed by atoms with van der Waals surface area (Å²) in [4.78, 5) is 0. The molecule has 0 radical (unpaired) electrons. The number of allylic oxidation sites excluding steroid dienone is 12. The van der Waals surface area contributed by atoms with Crippen molar-refractivity contribution in [3.8, 4) is 0 Å². The first kappa shape index (κ1) is 26.1. The zero-order valence-corrected chi connectivity index (χ0v) is 20.0. The number of aliphatic hydroxyl groups is 1. The Morgan fingerprint density at radius 1 is 1.00 bits per heavy atom. The molecule has 0 bridgehead atoms. The Morgan fingerprint density at radius 3 is 2.17 bits per heavy atom. The maximum absolute atomic E-state index is 9.98. The van der Waals surface area contributed by atoms with Crippen molar-refractivity contribution in [2.45, 2.75) is 60.4 Å². The minimum absolute atomic E-state index is 0.0653. The highest BCUT2D eigenvalue weighted by atomic mass is 16.7. The van der Waals surface area contributed by atoms with Crippen molar-refractivity contribution in [3.05, 3.63) is 83.1 Å². The van der Waals surface area contributed by atoms with Gasteiger partial charge in [-0.25, -0.2) is 0 Å². The molecule has 0 aromatic heterocycles. The van der Waals surface area contributed by atoms with Crippen LogP contribution in [0, 0.1) is 11.3 Å². The zero-order valence-electron chi connectivity index (χ0n) is 20.0. The summed E-state index contributed by atoms with van der Waals surface area (Å²) in [5.74, 6) is 0.354. The van der Waals surface area contributed by atoms with Gasteiger partial charge in [-0.15, -0.1) is 0 Å². The fourth-order valence-electron chi connectivity index (χ4n) is 3.83. The van der Waals surface area contributed by atoms with Crippen molar-refractivity contribution in [2.75, 3.05) is 14.2 Å². The predicted octanol–water partition coefficient (Wildman–Crippen LogP) is 6.47. The van der Waals surface area contributed by atoms with E-state index in [2.05, 4.69) is 71.1 Å². The molecule has 0 heterocycles. The van der Waals surface area contributed by atoms with Gasteiger partial charge in [-0.05, 0) is 45.1 Å². The van der Waals surface area contributed by atoms with Gasteiger partial charge < -0.3 is 14.6 Å². The minimum Gasteiger partial charge on any atom is -0.389 e. The number of aliphatic hydroxyl groups excluding tert-OH is 1. The van der Waals surface area contributed by atoms with Crippen LogP contribution in [0.15, 0.2) is 83.1 Å². The lowest BCUT2D eigenvalue weighted by atomic mass is 9.67. The normalized spacial score (nSPS) is 23.9. The molecule has 1 rings (SSSR count). The summed E-state index contributed by atoms with van der Waals surface area (Å²) < 4.78 is 10.4. The molecule has 3 heteroatoms. The van der Waals surface area contributed by atoms with Gasteiger partial charge in [0.1, 0.15) is 0 Å². The smallest absolute Gasteiger partial charge is 0.179 e. The average molecular weight is 413 g/mol. The highest BCUT2D eigenvalue weighted by Gasteiger charge is 2.34. The maximum atomic E-state index is 9.98. The van der Waals surface area contributed by atoms with Crippen LogP contribution in [0.2, 0.25) is 0 Å². The second kappa shape index (κ2) is 12.7. The molecule has 1 aliphatic carbocycles. The third-order valence-corrected chi connectivity index (χ3v) is 5.42. The second-order valence-corrected chi connectivity index (χ2v) is 8.79. The van der Waals surface area contributed by atoms with Gasteiger partial charge in [-0.3, -0.25) is 0 Å². The highest BCUT2D eigenvalue weighted by Crippen LogP contribution is 2.41. The lowest BCUT2D eigenvalue weighted by molar-refractivity contribution is -0.0746. The fourth-order valence-corrected chi connectivity index (χ4v) is 3.83. The van der Waals surface area contributed by atoms with E-state index in [9.17, 15) is 5.11 Å². The van der Waals surface area contributed by atoms with Crippen LogP contribution in [0.5, 0.6) is 0 Å². The second-order valence-electron chi connectivity index (χ2n) is 8.79. The molecule has 166 valence electrons. The molecular weight excluding hydrogens is 372 g/mol. The Balaban J connectivity index is 2.69. The van der Waals surface area contributed by atoms with Crippen LogP contribution in [-0.2, 0) is 9.47 Å². The molecule has 0 fully saturated rings. The lowest BCUT2D eigenvalue weighted by Crippen LogP contribution is -2.32. The van der Waals surface area contributed by atoms with Gasteiger partial charge in [0.05, 0.1) is 6.10 Å². The lowest BCUT2D eigenvalue weighted by Gasteiger charge is -2.38. The molecule has 0 unspecified atom stereocenters. The molecule has 0 saturated carbocycles. The summed E-state index contributed by atoms with van der Waals surface area (Å²) in [6.07, 6.45) is 20.9. The molecule has 0 aliphatic heterocycles. The molecular formula is C27H40O3. The largest absolute Gasteiger partial charge is 0.389 e. The minimum atomic E-state index is -0.325. The van der Waals surface area contributed by atoms with Crippen LogP contribution in [0.3, 0.4) is 0 Å². The summed E-state index contributed by atoms with van der Waals surface area (Å²) in [5.41, 5.74) is 4.70. The van der Waals surface area contributed by atoms with Crippen LogP contribution in [-0.4, -0.2) is 31.7 Å². The van der Waals surface area contributed by atoms with Crippen LogP contribution >= 0.6 is 0 Å². The molecule has 2 atom stereocenters. The standard InChI is InChI=1S/C27H40O3/c1-20(12-9-10-15-22(3)26(29-7)30-8)13-11-14-21(2)16-17-25-23(4)18-24(28)19-27(25,5)6/h9-18,24-26,28H,19H2,1-8H3/b10-9+,13-11+,17-16+,20-12+,21-14+,22-15+/t24-,25+/m0/s1. The Kier molecular flexibility index (Phi) is 11.0. The monoisotopic (exact) mass is 412 g/mol. The first-order chi connectivity index (χ1) is 14.1. The van der Waals surface area contributed by atoms with E-state index >= 15 is 0 Å². The van der Waals surface area contributed by atoms with Gasteiger partial charge >= 0.3 is 0 Å². The predicted molar refractivity (Wildman–Crippen MR) is 128 cm³/mol. The third kappa shape index (κ3) is 8.83. The summed E-state index contributed by atoms with van der Waals surface area (Å²) >= 11 is 0. The summed E-state index contributed by atoms with van der Waals surface area (Å²) in [5, 5.41) is 9.98. The van der Waals surface area contributed by atoms with Gasteiger partial charge in [0.25, 0.3) is 0 Å². The van der Waals surface area contributed by atoms with Crippen LogP contribution in [0.25, 0.3) is 0 Å².